The number of allylic oxidation sites excluding steroid dienone is 2. The molecular formula is C44H56FN3O9S. The molecule has 3 aliphatic carbocycles. The van der Waals surface area contributed by atoms with Crippen LogP contribution < -0.4 is 14.2 Å². The Balaban J connectivity index is 1.17. The Labute approximate surface area is 340 Å². The number of carbonyl (C=O) groups excluding carboxylic acids is 4. The van der Waals surface area contributed by atoms with Gasteiger partial charge in [0.25, 0.3) is 0 Å². The first-order chi connectivity index (χ1) is 27.4. The summed E-state index contributed by atoms with van der Waals surface area (Å²) in [5, 5.41) is 0.578. The Bertz CT molecular complexity index is 2180. The fourth-order valence-electron chi connectivity index (χ4n) is 9.40. The Morgan fingerprint density at radius 3 is 2.52 bits per heavy atom. The molecule has 2 amide bonds. The zero-order chi connectivity index (χ0) is 41.4. The van der Waals surface area contributed by atoms with Crippen LogP contribution >= 0.6 is 0 Å². The maximum Gasteiger partial charge on any atom is 0.307 e. The number of nitrogens with one attached hydrogen (secondary N) is 1. The summed E-state index contributed by atoms with van der Waals surface area (Å²) in [6.07, 6.45) is 7.96. The minimum absolute atomic E-state index is 0.0363. The third-order valence-corrected chi connectivity index (χ3v) is 15.5. The van der Waals surface area contributed by atoms with Crippen molar-refractivity contribution in [3.8, 4) is 11.5 Å². The Hall–Kier alpha value is -4.07. The van der Waals surface area contributed by atoms with Gasteiger partial charge < -0.3 is 19.1 Å². The van der Waals surface area contributed by atoms with Crippen LogP contribution in [0.1, 0.15) is 141 Å². The Kier molecular flexibility index (Phi) is 10.2. The van der Waals surface area contributed by atoms with Crippen LogP contribution in [0.3, 0.4) is 0 Å². The lowest BCUT2D eigenvalue weighted by molar-refractivity contribution is -0.159. The summed E-state index contributed by atoms with van der Waals surface area (Å²) < 4.78 is 63.1. The van der Waals surface area contributed by atoms with E-state index in [0.29, 0.717) is 65.8 Å². The molecule has 0 radical (unpaired) electrons. The molecule has 314 valence electrons. The number of sulfonamides is 1. The molecule has 0 unspecified atom stereocenters. The number of rotatable bonds is 7. The molecule has 2 aromatic rings. The van der Waals surface area contributed by atoms with Gasteiger partial charge >= 0.3 is 5.97 Å². The summed E-state index contributed by atoms with van der Waals surface area (Å²) in [4.78, 5) is 63.6. The lowest BCUT2D eigenvalue weighted by Gasteiger charge is -2.38. The predicted octanol–water partition coefficient (Wildman–Crippen LogP) is 7.09. The van der Waals surface area contributed by atoms with Crippen molar-refractivity contribution < 1.29 is 46.2 Å². The van der Waals surface area contributed by atoms with Crippen molar-refractivity contribution in [2.24, 2.45) is 17.3 Å². The van der Waals surface area contributed by atoms with E-state index in [1.807, 2.05) is 18.2 Å². The van der Waals surface area contributed by atoms with E-state index in [2.05, 4.69) is 4.72 Å². The van der Waals surface area contributed by atoms with Crippen LogP contribution in [0.25, 0.3) is 10.9 Å². The average Bonchev–Trinajstić information content (AvgIpc) is 4.08. The van der Waals surface area contributed by atoms with Crippen molar-refractivity contribution >= 4 is 44.5 Å². The van der Waals surface area contributed by atoms with Crippen molar-refractivity contribution in [2.45, 2.75) is 152 Å². The van der Waals surface area contributed by atoms with E-state index in [1.165, 1.54) is 4.90 Å². The zero-order valence-electron chi connectivity index (χ0n) is 34.2. The van der Waals surface area contributed by atoms with Gasteiger partial charge in [0.2, 0.25) is 21.8 Å². The van der Waals surface area contributed by atoms with Gasteiger partial charge in [0.15, 0.2) is 5.78 Å². The summed E-state index contributed by atoms with van der Waals surface area (Å²) in [6.45, 7) is 6.78. The number of benzene rings is 1. The van der Waals surface area contributed by atoms with E-state index in [-0.39, 0.29) is 50.5 Å². The van der Waals surface area contributed by atoms with E-state index in [1.54, 1.807) is 46.9 Å². The van der Waals surface area contributed by atoms with E-state index in [4.69, 9.17) is 19.2 Å². The van der Waals surface area contributed by atoms with Crippen LogP contribution in [0, 0.1) is 17.3 Å². The highest BCUT2D eigenvalue weighted by Crippen LogP contribution is 2.59. The molecule has 58 heavy (non-hydrogen) atoms. The van der Waals surface area contributed by atoms with E-state index in [9.17, 15) is 27.6 Å². The second-order valence-electron chi connectivity index (χ2n) is 19.1. The molecule has 1 saturated heterocycles. The summed E-state index contributed by atoms with van der Waals surface area (Å²) in [7, 11) is -2.45. The third-order valence-electron chi connectivity index (χ3n) is 13.3. The number of amides is 2. The van der Waals surface area contributed by atoms with Gasteiger partial charge in [-0.05, 0) is 103 Å². The molecule has 0 bridgehead atoms. The van der Waals surface area contributed by atoms with E-state index < -0.39 is 73.1 Å². The number of hydrogen-bond donors (Lipinski definition) is 1. The minimum Gasteiger partial charge on any atom is -0.497 e. The molecule has 3 aliphatic heterocycles. The normalized spacial score (nSPS) is 31.5. The monoisotopic (exact) mass is 821 g/mol. The highest BCUT2D eigenvalue weighted by atomic mass is 32.2. The first-order valence-electron chi connectivity index (χ1n) is 21.0. The SMILES string of the molecule is COc1ccc2nc(C3CC3)c3c(c2c1)[C@H](F)C[C@]1(C[C@H]2C(=O)C[C@]4(C(=O)NS(=O)(=O)C5(C)CC5)C[C@H]4/C=C\CCCCC[C@H](CC(=O)OC(C)(C)C)C(=O)N2C1)O3. The quantitative estimate of drug-likeness (QED) is 0.226. The van der Waals surface area contributed by atoms with Crippen molar-refractivity contribution in [1.82, 2.24) is 14.6 Å². The molecule has 1 aromatic heterocycles. The summed E-state index contributed by atoms with van der Waals surface area (Å²) in [6, 6.07) is 4.25. The first-order valence-corrected chi connectivity index (χ1v) is 22.5. The first kappa shape index (κ1) is 40.7. The number of ether oxygens (including phenoxy) is 3. The van der Waals surface area contributed by atoms with Crippen molar-refractivity contribution in [2.75, 3.05) is 13.7 Å². The van der Waals surface area contributed by atoms with Crippen molar-refractivity contribution in [3.63, 3.8) is 0 Å². The maximum atomic E-state index is 17.1. The van der Waals surface area contributed by atoms with E-state index in [0.717, 1.165) is 25.7 Å². The number of carbonyl (C=O) groups is 4. The van der Waals surface area contributed by atoms with Crippen LogP contribution in [0.15, 0.2) is 30.4 Å². The second-order valence-corrected chi connectivity index (χ2v) is 21.3. The van der Waals surface area contributed by atoms with Crippen LogP contribution in [0.2, 0.25) is 0 Å². The average molecular weight is 822 g/mol. The van der Waals surface area contributed by atoms with Crippen LogP contribution in [0.5, 0.6) is 11.5 Å². The number of pyridine rings is 1. The van der Waals surface area contributed by atoms with Gasteiger partial charge in [-0.3, -0.25) is 23.9 Å². The van der Waals surface area contributed by atoms with Gasteiger partial charge in [0.05, 0.1) is 47.5 Å². The number of esters is 1. The van der Waals surface area contributed by atoms with Gasteiger partial charge in [0, 0.05) is 42.0 Å². The van der Waals surface area contributed by atoms with E-state index >= 15 is 4.39 Å². The molecule has 14 heteroatoms. The standard InChI is InChI=1S/C44H56FN3O9S/c1-41(2,3)56-35(50)19-27-11-9-7-6-8-10-12-28-21-44(28,40(52)47-58(53,54)42(4)17-18-42)24-34(49)33-23-43(25-48(33)39(27)51)22-31(45)36-30-20-29(55-5)15-16-32(30)46-37(26-13-14-26)38(36)57-43/h10,12,15-16,20,26-28,31,33H,6-9,11,13-14,17-19,21-25H2,1-5H3,(H,47,52)/b12-10-/t27-,28-,31-,33+,43-,44-/m1/s1. The molecule has 1 spiro atoms. The molecule has 1 aromatic carbocycles. The molecule has 1 N–H and O–H groups in total. The Morgan fingerprint density at radius 2 is 1.83 bits per heavy atom. The van der Waals surface area contributed by atoms with Crippen LogP contribution in [-0.4, -0.2) is 77.5 Å². The third kappa shape index (κ3) is 7.74. The number of methoxy groups -OCH3 is 1. The van der Waals surface area contributed by atoms with Gasteiger partial charge in [-0.1, -0.05) is 25.0 Å². The lowest BCUT2D eigenvalue weighted by atomic mass is 9.84. The number of Topliss-reactive ketones (excluding diaryl/α,β-unsaturated/α-hetero) is 1. The van der Waals surface area contributed by atoms with Crippen molar-refractivity contribution in [1.29, 1.82) is 0 Å². The van der Waals surface area contributed by atoms with Crippen molar-refractivity contribution in [3.05, 3.63) is 41.6 Å². The number of hydrogen-bond acceptors (Lipinski definition) is 10. The topological polar surface area (TPSA) is 158 Å². The minimum atomic E-state index is -3.99. The second kappa shape index (κ2) is 14.6. The molecule has 6 atom stereocenters. The highest BCUT2D eigenvalue weighted by Gasteiger charge is 2.64. The van der Waals surface area contributed by atoms with Crippen LogP contribution in [-0.2, 0) is 33.9 Å². The predicted molar refractivity (Wildman–Crippen MR) is 213 cm³/mol. The molecule has 6 aliphatic rings. The maximum absolute atomic E-state index is 17.1. The summed E-state index contributed by atoms with van der Waals surface area (Å²) >= 11 is 0. The van der Waals surface area contributed by atoms with Gasteiger partial charge in [0.1, 0.15) is 28.9 Å². The highest BCUT2D eigenvalue weighted by molar-refractivity contribution is 7.91. The number of nitrogens with zero attached hydrogens (tertiary/aromatic N) is 2. The molecule has 3 saturated carbocycles. The number of ketones is 1. The molecule has 12 nitrogen and oxygen atoms in total. The zero-order valence-corrected chi connectivity index (χ0v) is 35.1. The number of fused-ring (bicyclic) bond motifs is 5. The Morgan fingerprint density at radius 1 is 1.07 bits per heavy atom. The summed E-state index contributed by atoms with van der Waals surface area (Å²) in [5.74, 6) is -2.28. The number of alkyl halides is 1. The summed E-state index contributed by atoms with van der Waals surface area (Å²) in [5.41, 5.74) is -1.74. The van der Waals surface area contributed by atoms with Gasteiger partial charge in [-0.2, -0.15) is 0 Å². The molecular weight excluding hydrogens is 766 g/mol. The number of halogens is 1. The van der Waals surface area contributed by atoms with Crippen LogP contribution in [0.4, 0.5) is 4.39 Å². The van der Waals surface area contributed by atoms with Gasteiger partial charge in [-0.25, -0.2) is 17.8 Å². The fraction of sp³-hybridized carbons (Fsp3) is 0.659. The number of aromatic nitrogens is 1. The van der Waals surface area contributed by atoms with Gasteiger partial charge in [-0.15, -0.1) is 0 Å². The molecule has 8 rings (SSSR count). The molecule has 4 fully saturated rings. The smallest absolute Gasteiger partial charge is 0.307 e. The largest absolute Gasteiger partial charge is 0.497 e. The molecule has 4 heterocycles. The fourth-order valence-corrected chi connectivity index (χ4v) is 10.7. The lowest BCUT2D eigenvalue weighted by Crippen LogP contribution is -2.48.